The van der Waals surface area contributed by atoms with Gasteiger partial charge in [0.2, 0.25) is 5.91 Å². The molecule has 104 valence electrons. The van der Waals surface area contributed by atoms with Gasteiger partial charge in [0.15, 0.2) is 0 Å². The fourth-order valence-corrected chi connectivity index (χ4v) is 1.52. The Labute approximate surface area is 113 Å². The van der Waals surface area contributed by atoms with E-state index in [1.54, 1.807) is 6.07 Å². The van der Waals surface area contributed by atoms with Crippen molar-refractivity contribution in [2.24, 2.45) is 0 Å². The lowest BCUT2D eigenvalue weighted by Gasteiger charge is -2.20. The van der Waals surface area contributed by atoms with E-state index in [0.717, 1.165) is 5.56 Å². The van der Waals surface area contributed by atoms with Crippen LogP contribution < -0.4 is 16.0 Å². The monoisotopic (exact) mass is 263 g/mol. The van der Waals surface area contributed by atoms with Crippen LogP contribution in [-0.2, 0) is 4.79 Å². The number of carbonyl (C=O) groups excluding carboxylic acids is 2. The van der Waals surface area contributed by atoms with Crippen molar-refractivity contribution in [3.63, 3.8) is 0 Å². The molecule has 1 rings (SSSR count). The molecule has 0 aliphatic carbocycles. The highest BCUT2D eigenvalue weighted by molar-refractivity contribution is 5.92. The predicted octanol–water partition coefficient (Wildman–Crippen LogP) is 2.03. The fourth-order valence-electron chi connectivity index (χ4n) is 1.52. The summed E-state index contributed by atoms with van der Waals surface area (Å²) in [4.78, 5) is 23.1. The lowest BCUT2D eigenvalue weighted by atomic mass is 10.1. The molecule has 0 radical (unpaired) electrons. The largest absolute Gasteiger partial charge is 0.350 e. The summed E-state index contributed by atoms with van der Waals surface area (Å²) in [5, 5.41) is 7.95. The summed E-state index contributed by atoms with van der Waals surface area (Å²) in [6, 6.07) is 7.06. The lowest BCUT2D eigenvalue weighted by molar-refractivity contribution is -0.121. The van der Waals surface area contributed by atoms with Gasteiger partial charge in [-0.15, -0.1) is 0 Å². The molecule has 0 unspecified atom stereocenters. The summed E-state index contributed by atoms with van der Waals surface area (Å²) < 4.78 is 0. The Balaban J connectivity index is 2.38. The highest BCUT2D eigenvalue weighted by Crippen LogP contribution is 2.08. The number of anilines is 1. The van der Waals surface area contributed by atoms with Crippen LogP contribution in [0, 0.1) is 6.92 Å². The van der Waals surface area contributed by atoms with Gasteiger partial charge in [-0.3, -0.25) is 4.79 Å². The fraction of sp³-hybridized carbons (Fsp3) is 0.429. The number of hydrogen-bond acceptors (Lipinski definition) is 2. The van der Waals surface area contributed by atoms with E-state index in [1.807, 2.05) is 45.9 Å². The number of nitrogens with one attached hydrogen (secondary N) is 3. The van der Waals surface area contributed by atoms with E-state index in [-0.39, 0.29) is 18.0 Å². The van der Waals surface area contributed by atoms with Gasteiger partial charge in [-0.1, -0.05) is 12.1 Å². The maximum Gasteiger partial charge on any atom is 0.319 e. The summed E-state index contributed by atoms with van der Waals surface area (Å²) in [6.45, 7) is 7.56. The highest BCUT2D eigenvalue weighted by Gasteiger charge is 2.14. The number of carbonyl (C=O) groups is 2. The third-order valence-corrected chi connectivity index (χ3v) is 2.20. The first-order valence-corrected chi connectivity index (χ1v) is 6.19. The number of hydrogen-bond donors (Lipinski definition) is 3. The van der Waals surface area contributed by atoms with Crippen LogP contribution in [0.25, 0.3) is 0 Å². The smallest absolute Gasteiger partial charge is 0.319 e. The van der Waals surface area contributed by atoms with Crippen LogP contribution in [0.5, 0.6) is 0 Å². The second kappa shape index (κ2) is 6.22. The molecule has 1 aromatic carbocycles. The Morgan fingerprint density at radius 3 is 2.47 bits per heavy atom. The van der Waals surface area contributed by atoms with E-state index in [2.05, 4.69) is 16.0 Å². The van der Waals surface area contributed by atoms with Gasteiger partial charge < -0.3 is 16.0 Å². The van der Waals surface area contributed by atoms with E-state index in [0.29, 0.717) is 5.69 Å². The zero-order valence-corrected chi connectivity index (χ0v) is 11.8. The second-order valence-corrected chi connectivity index (χ2v) is 5.48. The van der Waals surface area contributed by atoms with Crippen LogP contribution in [0.1, 0.15) is 26.3 Å². The van der Waals surface area contributed by atoms with E-state index in [9.17, 15) is 9.59 Å². The van der Waals surface area contributed by atoms with Gasteiger partial charge in [0.25, 0.3) is 0 Å². The van der Waals surface area contributed by atoms with Crippen LogP contribution in [-0.4, -0.2) is 24.0 Å². The lowest BCUT2D eigenvalue weighted by Crippen LogP contribution is -2.46. The first kappa shape index (κ1) is 15.0. The van der Waals surface area contributed by atoms with Crippen molar-refractivity contribution in [1.29, 1.82) is 0 Å². The maximum absolute atomic E-state index is 11.6. The Hall–Kier alpha value is -2.04. The molecule has 5 heteroatoms. The molecule has 1 aromatic rings. The Bertz CT molecular complexity index is 464. The Morgan fingerprint density at radius 1 is 1.21 bits per heavy atom. The summed E-state index contributed by atoms with van der Waals surface area (Å²) in [7, 11) is 0. The molecule has 0 saturated heterocycles. The topological polar surface area (TPSA) is 70.2 Å². The molecule has 0 saturated carbocycles. The minimum atomic E-state index is -0.394. The van der Waals surface area contributed by atoms with Crippen molar-refractivity contribution >= 4 is 17.6 Å². The van der Waals surface area contributed by atoms with Crippen molar-refractivity contribution in [3.8, 4) is 0 Å². The zero-order valence-electron chi connectivity index (χ0n) is 11.8. The molecule has 5 nitrogen and oxygen atoms in total. The number of urea groups is 1. The second-order valence-electron chi connectivity index (χ2n) is 5.48. The number of amides is 3. The standard InChI is InChI=1S/C14H21N3O2/c1-10-6-5-7-11(8-10)16-13(19)15-9-12(18)17-14(2,3)4/h5-8H,9H2,1-4H3,(H,17,18)(H2,15,16,19). The summed E-state index contributed by atoms with van der Waals surface area (Å²) >= 11 is 0. The van der Waals surface area contributed by atoms with Crippen molar-refractivity contribution in [1.82, 2.24) is 10.6 Å². The molecule has 0 spiro atoms. The Kier molecular flexibility index (Phi) is 4.92. The van der Waals surface area contributed by atoms with Gasteiger partial charge in [-0.25, -0.2) is 4.79 Å². The van der Waals surface area contributed by atoms with Gasteiger partial charge in [0, 0.05) is 11.2 Å². The van der Waals surface area contributed by atoms with E-state index >= 15 is 0 Å². The molecule has 0 aliphatic rings. The van der Waals surface area contributed by atoms with Gasteiger partial charge in [-0.05, 0) is 45.4 Å². The predicted molar refractivity (Wildman–Crippen MR) is 76.1 cm³/mol. The zero-order chi connectivity index (χ0) is 14.5. The summed E-state index contributed by atoms with van der Waals surface area (Å²) in [5.74, 6) is -0.216. The number of benzene rings is 1. The maximum atomic E-state index is 11.6. The van der Waals surface area contributed by atoms with Gasteiger partial charge in [0.05, 0.1) is 6.54 Å². The molecule has 3 N–H and O–H groups in total. The number of rotatable bonds is 3. The Morgan fingerprint density at radius 2 is 1.89 bits per heavy atom. The molecule has 0 fully saturated rings. The van der Waals surface area contributed by atoms with Crippen molar-refractivity contribution in [3.05, 3.63) is 29.8 Å². The average Bonchev–Trinajstić information content (AvgIpc) is 2.24. The molecule has 0 atom stereocenters. The van der Waals surface area contributed by atoms with Crippen LogP contribution in [0.2, 0.25) is 0 Å². The molecule has 19 heavy (non-hydrogen) atoms. The first-order chi connectivity index (χ1) is 8.76. The summed E-state index contributed by atoms with van der Waals surface area (Å²) in [5.41, 5.74) is 1.46. The SMILES string of the molecule is Cc1cccc(NC(=O)NCC(=O)NC(C)(C)C)c1. The van der Waals surface area contributed by atoms with Crippen molar-refractivity contribution < 1.29 is 9.59 Å². The highest BCUT2D eigenvalue weighted by atomic mass is 16.2. The minimum Gasteiger partial charge on any atom is -0.350 e. The van der Waals surface area contributed by atoms with Crippen LogP contribution in [0.15, 0.2) is 24.3 Å². The third kappa shape index (κ3) is 6.45. The van der Waals surface area contributed by atoms with Crippen molar-refractivity contribution in [2.45, 2.75) is 33.2 Å². The molecule has 0 bridgehead atoms. The summed E-state index contributed by atoms with van der Waals surface area (Å²) in [6.07, 6.45) is 0. The molecular weight excluding hydrogens is 242 g/mol. The normalized spacial score (nSPS) is 10.7. The quantitative estimate of drug-likeness (QED) is 0.781. The van der Waals surface area contributed by atoms with Crippen LogP contribution in [0.3, 0.4) is 0 Å². The molecule has 3 amide bonds. The van der Waals surface area contributed by atoms with Crippen LogP contribution >= 0.6 is 0 Å². The molecule has 0 aliphatic heterocycles. The molecule has 0 heterocycles. The third-order valence-electron chi connectivity index (χ3n) is 2.20. The van der Waals surface area contributed by atoms with E-state index < -0.39 is 6.03 Å². The van der Waals surface area contributed by atoms with Gasteiger partial charge >= 0.3 is 6.03 Å². The molecular formula is C14H21N3O2. The van der Waals surface area contributed by atoms with Crippen molar-refractivity contribution in [2.75, 3.05) is 11.9 Å². The van der Waals surface area contributed by atoms with E-state index in [4.69, 9.17) is 0 Å². The molecule has 0 aromatic heterocycles. The van der Waals surface area contributed by atoms with Crippen LogP contribution in [0.4, 0.5) is 10.5 Å². The number of aryl methyl sites for hydroxylation is 1. The average molecular weight is 263 g/mol. The van der Waals surface area contributed by atoms with E-state index in [1.165, 1.54) is 0 Å². The first-order valence-electron chi connectivity index (χ1n) is 6.19. The minimum absolute atomic E-state index is 0.0467. The van der Waals surface area contributed by atoms with Gasteiger partial charge in [-0.2, -0.15) is 0 Å². The van der Waals surface area contributed by atoms with Gasteiger partial charge in [0.1, 0.15) is 0 Å².